The summed E-state index contributed by atoms with van der Waals surface area (Å²) in [4.78, 5) is 8.89. The molecule has 0 bridgehead atoms. The van der Waals surface area contributed by atoms with Crippen molar-refractivity contribution in [3.63, 3.8) is 0 Å². The molecule has 1 heterocycles. The lowest BCUT2D eigenvalue weighted by atomic mass is 10.1. The van der Waals surface area contributed by atoms with E-state index in [0.717, 1.165) is 24.3 Å². The van der Waals surface area contributed by atoms with Gasteiger partial charge in [0.1, 0.15) is 5.75 Å². The number of hydrogen-bond acceptors (Lipinski definition) is 5. The average molecular weight is 515 g/mol. The van der Waals surface area contributed by atoms with E-state index in [2.05, 4.69) is 71.7 Å². The lowest BCUT2D eigenvalue weighted by Crippen LogP contribution is -2.36. The summed E-state index contributed by atoms with van der Waals surface area (Å²) in [5.74, 6) is 3.35. The molecule has 29 heavy (non-hydrogen) atoms. The Hall–Kier alpha value is -1.84. The molecule has 0 amide bonds. The zero-order valence-corrected chi connectivity index (χ0v) is 20.6. The molecule has 8 heteroatoms. The Morgan fingerprint density at radius 1 is 1.21 bits per heavy atom. The maximum Gasteiger partial charge on any atom is 0.246 e. The largest absolute Gasteiger partial charge is 0.490 e. The molecular formula is C21H34IN5O2. The van der Waals surface area contributed by atoms with Crippen LogP contribution in [-0.2, 0) is 13.1 Å². The van der Waals surface area contributed by atoms with Gasteiger partial charge < -0.3 is 19.9 Å². The summed E-state index contributed by atoms with van der Waals surface area (Å²) in [5.41, 5.74) is 2.24. The maximum atomic E-state index is 6.22. The molecule has 0 aliphatic heterocycles. The number of ether oxygens (including phenoxy) is 1. The first-order valence-electron chi connectivity index (χ1n) is 9.95. The predicted octanol–water partition coefficient (Wildman–Crippen LogP) is 4.37. The minimum absolute atomic E-state index is 0. The quantitative estimate of drug-likeness (QED) is 0.293. The molecular weight excluding hydrogens is 481 g/mol. The van der Waals surface area contributed by atoms with Crippen molar-refractivity contribution in [3.8, 4) is 5.75 Å². The van der Waals surface area contributed by atoms with Crippen LogP contribution < -0.4 is 15.4 Å². The van der Waals surface area contributed by atoms with Crippen LogP contribution in [0.3, 0.4) is 0 Å². The fourth-order valence-corrected chi connectivity index (χ4v) is 2.91. The molecule has 1 atom stereocenters. The van der Waals surface area contributed by atoms with Gasteiger partial charge in [-0.05, 0) is 51.7 Å². The molecule has 0 aliphatic rings. The zero-order chi connectivity index (χ0) is 20.5. The molecule has 0 fully saturated rings. The monoisotopic (exact) mass is 515 g/mol. The van der Waals surface area contributed by atoms with E-state index >= 15 is 0 Å². The second-order valence-corrected chi connectivity index (χ2v) is 7.45. The minimum Gasteiger partial charge on any atom is -0.490 e. The average Bonchev–Trinajstić information content (AvgIpc) is 3.03. The molecule has 2 rings (SSSR count). The molecule has 0 radical (unpaired) electrons. The maximum absolute atomic E-state index is 6.22. The van der Waals surface area contributed by atoms with Crippen molar-refractivity contribution >= 4 is 29.9 Å². The molecule has 0 spiro atoms. The number of hydrogen-bond donors (Lipinski definition) is 2. The molecule has 1 aromatic carbocycles. The van der Waals surface area contributed by atoms with E-state index in [-0.39, 0.29) is 30.1 Å². The highest BCUT2D eigenvalue weighted by molar-refractivity contribution is 14.0. The van der Waals surface area contributed by atoms with Gasteiger partial charge in [-0.1, -0.05) is 31.1 Å². The van der Waals surface area contributed by atoms with Crippen LogP contribution in [0.5, 0.6) is 5.75 Å². The molecule has 0 saturated heterocycles. The van der Waals surface area contributed by atoms with Gasteiger partial charge in [-0.2, -0.15) is 4.98 Å². The van der Waals surface area contributed by atoms with E-state index in [1.807, 2.05) is 6.92 Å². The Balaban J connectivity index is 0.00000420. The highest BCUT2D eigenvalue weighted by Crippen LogP contribution is 2.24. The fourth-order valence-electron chi connectivity index (χ4n) is 2.91. The topological polar surface area (TPSA) is 84.6 Å². The summed E-state index contributed by atoms with van der Waals surface area (Å²) < 4.78 is 11.4. The second kappa shape index (κ2) is 12.7. The zero-order valence-electron chi connectivity index (χ0n) is 18.3. The van der Waals surface area contributed by atoms with Crippen LogP contribution in [0.4, 0.5) is 0 Å². The summed E-state index contributed by atoms with van der Waals surface area (Å²) in [6.07, 6.45) is 1.18. The van der Waals surface area contributed by atoms with Crippen LogP contribution in [0.15, 0.2) is 27.7 Å². The fraction of sp³-hybridized carbons (Fsp3) is 0.571. The van der Waals surface area contributed by atoms with Crippen LogP contribution >= 0.6 is 24.0 Å². The van der Waals surface area contributed by atoms with Gasteiger partial charge in [0.15, 0.2) is 11.8 Å². The van der Waals surface area contributed by atoms with Gasteiger partial charge in [0.05, 0.1) is 19.2 Å². The SMILES string of the molecule is CCNC(=NCc1ccc(C)cc1OC(C)CC(C)C)NCc1nc(C)no1.I. The van der Waals surface area contributed by atoms with E-state index in [1.54, 1.807) is 6.92 Å². The van der Waals surface area contributed by atoms with Gasteiger partial charge in [-0.3, -0.25) is 0 Å². The van der Waals surface area contributed by atoms with Crippen LogP contribution in [0.2, 0.25) is 0 Å². The molecule has 7 nitrogen and oxygen atoms in total. The second-order valence-electron chi connectivity index (χ2n) is 7.45. The van der Waals surface area contributed by atoms with Crippen molar-refractivity contribution < 1.29 is 9.26 Å². The summed E-state index contributed by atoms with van der Waals surface area (Å²) in [5, 5.41) is 10.3. The summed E-state index contributed by atoms with van der Waals surface area (Å²) in [6, 6.07) is 6.26. The van der Waals surface area contributed by atoms with Crippen LogP contribution in [0, 0.1) is 19.8 Å². The number of benzene rings is 1. The molecule has 1 unspecified atom stereocenters. The number of aromatic nitrogens is 2. The Kier molecular flexibility index (Phi) is 11.0. The predicted molar refractivity (Wildman–Crippen MR) is 127 cm³/mol. The Bertz CT molecular complexity index is 776. The molecule has 0 aliphatic carbocycles. The lowest BCUT2D eigenvalue weighted by Gasteiger charge is -2.19. The van der Waals surface area contributed by atoms with Crippen molar-refractivity contribution in [2.75, 3.05) is 6.54 Å². The number of nitrogens with zero attached hydrogens (tertiary/aromatic N) is 3. The van der Waals surface area contributed by atoms with E-state index in [1.165, 1.54) is 5.56 Å². The van der Waals surface area contributed by atoms with Gasteiger partial charge in [0, 0.05) is 12.1 Å². The molecule has 2 aromatic rings. The third-order valence-electron chi connectivity index (χ3n) is 4.08. The summed E-state index contributed by atoms with van der Waals surface area (Å²) >= 11 is 0. The number of guanidine groups is 1. The summed E-state index contributed by atoms with van der Waals surface area (Å²) in [7, 11) is 0. The first-order valence-corrected chi connectivity index (χ1v) is 9.95. The van der Waals surface area contributed by atoms with Gasteiger partial charge in [0.2, 0.25) is 5.89 Å². The van der Waals surface area contributed by atoms with Gasteiger partial charge in [0.25, 0.3) is 0 Å². The van der Waals surface area contributed by atoms with E-state index in [4.69, 9.17) is 9.26 Å². The van der Waals surface area contributed by atoms with E-state index in [9.17, 15) is 0 Å². The Morgan fingerprint density at radius 3 is 2.59 bits per heavy atom. The van der Waals surface area contributed by atoms with Gasteiger partial charge in [-0.25, -0.2) is 4.99 Å². The number of rotatable bonds is 9. The normalized spacial score (nSPS) is 12.4. The highest BCUT2D eigenvalue weighted by atomic mass is 127. The summed E-state index contributed by atoms with van der Waals surface area (Å²) in [6.45, 7) is 14.1. The van der Waals surface area contributed by atoms with E-state index in [0.29, 0.717) is 36.7 Å². The van der Waals surface area contributed by atoms with Crippen molar-refractivity contribution in [2.45, 2.75) is 67.2 Å². The number of nitrogens with one attached hydrogen (secondary N) is 2. The Morgan fingerprint density at radius 2 is 1.97 bits per heavy atom. The van der Waals surface area contributed by atoms with Crippen LogP contribution in [0.25, 0.3) is 0 Å². The van der Waals surface area contributed by atoms with Crippen LogP contribution in [-0.4, -0.2) is 28.7 Å². The van der Waals surface area contributed by atoms with Crippen molar-refractivity contribution in [3.05, 3.63) is 41.0 Å². The van der Waals surface area contributed by atoms with Crippen molar-refractivity contribution in [1.29, 1.82) is 0 Å². The number of aryl methyl sites for hydroxylation is 2. The van der Waals surface area contributed by atoms with Gasteiger partial charge in [-0.15, -0.1) is 24.0 Å². The molecule has 162 valence electrons. The lowest BCUT2D eigenvalue weighted by molar-refractivity contribution is 0.191. The van der Waals surface area contributed by atoms with Crippen molar-refractivity contribution in [1.82, 2.24) is 20.8 Å². The first kappa shape index (κ1) is 25.2. The molecule has 0 saturated carbocycles. The smallest absolute Gasteiger partial charge is 0.246 e. The van der Waals surface area contributed by atoms with Crippen LogP contribution in [0.1, 0.15) is 57.0 Å². The third-order valence-corrected chi connectivity index (χ3v) is 4.08. The number of aliphatic imine (C=N–C) groups is 1. The molecule has 2 N–H and O–H groups in total. The van der Waals surface area contributed by atoms with Gasteiger partial charge >= 0.3 is 0 Å². The highest BCUT2D eigenvalue weighted by Gasteiger charge is 2.11. The van der Waals surface area contributed by atoms with E-state index < -0.39 is 0 Å². The third kappa shape index (κ3) is 9.01. The first-order chi connectivity index (χ1) is 13.4. The minimum atomic E-state index is 0. The molecule has 1 aromatic heterocycles. The van der Waals surface area contributed by atoms with Crippen molar-refractivity contribution in [2.24, 2.45) is 10.9 Å². The number of halogens is 1. The standard InChI is InChI=1S/C21H33N5O2.HI/c1-7-22-21(24-13-20-25-17(6)26-28-20)23-12-18-9-8-15(4)11-19(18)27-16(5)10-14(2)3;/h8-9,11,14,16H,7,10,12-13H2,1-6H3,(H2,22,23,24);1H. The Labute approximate surface area is 191 Å².